The minimum atomic E-state index is -0.178. The van der Waals surface area contributed by atoms with Crippen LogP contribution < -0.4 is 4.90 Å². The van der Waals surface area contributed by atoms with E-state index in [9.17, 15) is 9.59 Å². The van der Waals surface area contributed by atoms with Gasteiger partial charge in [0, 0.05) is 23.2 Å². The van der Waals surface area contributed by atoms with Crippen LogP contribution in [-0.2, 0) is 14.3 Å². The molecule has 0 radical (unpaired) electrons. The lowest BCUT2D eigenvalue weighted by molar-refractivity contribution is -0.123. The van der Waals surface area contributed by atoms with Crippen LogP contribution in [0, 0.1) is 0 Å². The van der Waals surface area contributed by atoms with Gasteiger partial charge < -0.3 is 9.64 Å². The van der Waals surface area contributed by atoms with Gasteiger partial charge in [0.15, 0.2) is 0 Å². The molecule has 0 unspecified atom stereocenters. The second-order valence-corrected chi connectivity index (χ2v) is 10.4. The van der Waals surface area contributed by atoms with Crippen molar-refractivity contribution < 1.29 is 14.3 Å². The van der Waals surface area contributed by atoms with Crippen molar-refractivity contribution >= 4 is 67.3 Å². The summed E-state index contributed by atoms with van der Waals surface area (Å²) in [6.45, 7) is 4.02. The van der Waals surface area contributed by atoms with E-state index in [-0.39, 0.29) is 17.9 Å². The van der Waals surface area contributed by atoms with Gasteiger partial charge >= 0.3 is 0 Å². The summed E-state index contributed by atoms with van der Waals surface area (Å²) in [6, 6.07) is 5.83. The summed E-state index contributed by atoms with van der Waals surface area (Å²) < 4.78 is 7.07. The van der Waals surface area contributed by atoms with E-state index in [0.29, 0.717) is 27.9 Å². The van der Waals surface area contributed by atoms with Gasteiger partial charge in [0.1, 0.15) is 4.32 Å². The van der Waals surface area contributed by atoms with Crippen molar-refractivity contribution in [3.8, 4) is 0 Å². The van der Waals surface area contributed by atoms with Crippen LogP contribution in [0.15, 0.2) is 27.6 Å². The van der Waals surface area contributed by atoms with Gasteiger partial charge in [-0.05, 0) is 37.5 Å². The quantitative estimate of drug-likeness (QED) is 0.290. The molecule has 3 aliphatic heterocycles. The van der Waals surface area contributed by atoms with E-state index in [4.69, 9.17) is 17.0 Å². The average molecular weight is 509 g/mol. The zero-order valence-corrected chi connectivity index (χ0v) is 20.2. The third kappa shape index (κ3) is 4.24. The number of anilines is 1. The number of fused-ring (bicyclic) bond motifs is 1. The SMILES string of the molecule is CCCCCCN1C(=O)/C(=C2\SC(=S)N(C[C@@H]3CCCO3)C2=O)c2cc(Br)ccc21. The van der Waals surface area contributed by atoms with Crippen molar-refractivity contribution in [2.45, 2.75) is 51.6 Å². The zero-order valence-electron chi connectivity index (χ0n) is 17.0. The first-order valence-electron chi connectivity index (χ1n) is 10.5. The molecule has 0 aromatic heterocycles. The number of hydrogen-bond acceptors (Lipinski definition) is 5. The Balaban J connectivity index is 1.64. The molecule has 3 heterocycles. The Morgan fingerprint density at radius 3 is 2.77 bits per heavy atom. The van der Waals surface area contributed by atoms with Crippen LogP contribution >= 0.6 is 39.9 Å². The van der Waals surface area contributed by atoms with Gasteiger partial charge in [0.2, 0.25) is 0 Å². The zero-order chi connectivity index (χ0) is 21.3. The van der Waals surface area contributed by atoms with Crippen LogP contribution in [0.1, 0.15) is 51.0 Å². The fourth-order valence-corrected chi connectivity index (χ4v) is 5.85. The summed E-state index contributed by atoms with van der Waals surface area (Å²) in [5.74, 6) is -0.278. The summed E-state index contributed by atoms with van der Waals surface area (Å²) in [6.07, 6.45) is 6.30. The maximum absolute atomic E-state index is 13.4. The largest absolute Gasteiger partial charge is 0.376 e. The minimum Gasteiger partial charge on any atom is -0.376 e. The molecule has 2 fully saturated rings. The Kier molecular flexibility index (Phi) is 6.97. The van der Waals surface area contributed by atoms with E-state index < -0.39 is 0 Å². The van der Waals surface area contributed by atoms with Gasteiger partial charge in [0.25, 0.3) is 11.8 Å². The molecule has 5 nitrogen and oxygen atoms in total. The van der Waals surface area contributed by atoms with Crippen LogP contribution in [0.4, 0.5) is 5.69 Å². The summed E-state index contributed by atoms with van der Waals surface area (Å²) >= 11 is 10.3. The summed E-state index contributed by atoms with van der Waals surface area (Å²) in [5.41, 5.74) is 2.16. The van der Waals surface area contributed by atoms with Crippen LogP contribution in [0.25, 0.3) is 5.57 Å². The number of thioether (sulfide) groups is 1. The Bertz CT molecular complexity index is 912. The van der Waals surface area contributed by atoms with Crippen molar-refractivity contribution in [3.05, 3.63) is 33.1 Å². The third-order valence-corrected chi connectivity index (χ3v) is 7.64. The van der Waals surface area contributed by atoms with Gasteiger partial charge in [-0.2, -0.15) is 0 Å². The number of ether oxygens (including phenoxy) is 1. The molecule has 1 atom stereocenters. The number of amides is 2. The lowest BCUT2D eigenvalue weighted by atomic mass is 10.1. The van der Waals surface area contributed by atoms with E-state index in [1.807, 2.05) is 23.1 Å². The van der Waals surface area contributed by atoms with E-state index in [2.05, 4.69) is 22.9 Å². The molecule has 0 aliphatic carbocycles. The van der Waals surface area contributed by atoms with Gasteiger partial charge in [-0.1, -0.05) is 66.1 Å². The lowest BCUT2D eigenvalue weighted by Gasteiger charge is -2.18. The molecule has 0 spiro atoms. The molecular weight excluding hydrogens is 484 g/mol. The maximum Gasteiger partial charge on any atom is 0.267 e. The van der Waals surface area contributed by atoms with E-state index >= 15 is 0 Å². The van der Waals surface area contributed by atoms with Crippen molar-refractivity contribution in [2.75, 3.05) is 24.6 Å². The molecule has 1 aromatic carbocycles. The Morgan fingerprint density at radius 1 is 1.20 bits per heavy atom. The number of carbonyl (C=O) groups is 2. The highest BCUT2D eigenvalue weighted by molar-refractivity contribution is 9.10. The van der Waals surface area contributed by atoms with Crippen molar-refractivity contribution in [1.82, 2.24) is 4.90 Å². The molecule has 30 heavy (non-hydrogen) atoms. The number of rotatable bonds is 7. The van der Waals surface area contributed by atoms with Crippen molar-refractivity contribution in [1.29, 1.82) is 0 Å². The number of halogens is 1. The van der Waals surface area contributed by atoms with E-state index in [0.717, 1.165) is 60.9 Å². The van der Waals surface area contributed by atoms with Gasteiger partial charge in [-0.25, -0.2) is 0 Å². The molecular formula is C22H25BrN2O3S2. The molecule has 0 saturated carbocycles. The molecule has 0 bridgehead atoms. The van der Waals surface area contributed by atoms with Gasteiger partial charge in [-0.3, -0.25) is 14.5 Å². The first-order valence-corrected chi connectivity index (χ1v) is 12.5. The number of benzene rings is 1. The number of hydrogen-bond donors (Lipinski definition) is 0. The summed E-state index contributed by atoms with van der Waals surface area (Å²) in [5, 5.41) is 0. The van der Waals surface area contributed by atoms with Crippen LogP contribution in [0.3, 0.4) is 0 Å². The fourth-order valence-electron chi connectivity index (χ4n) is 4.14. The molecule has 1 aromatic rings. The molecule has 0 N–H and O–H groups in total. The average Bonchev–Trinajstić information content (AvgIpc) is 3.40. The lowest BCUT2D eigenvalue weighted by Crippen LogP contribution is -2.35. The second kappa shape index (κ2) is 9.51. The number of nitrogens with zero attached hydrogens (tertiary/aromatic N) is 2. The first-order chi connectivity index (χ1) is 14.5. The highest BCUT2D eigenvalue weighted by Crippen LogP contribution is 2.45. The molecule has 160 valence electrons. The number of unbranched alkanes of at least 4 members (excludes halogenated alkanes) is 3. The second-order valence-electron chi connectivity index (χ2n) is 7.80. The Labute approximate surface area is 195 Å². The number of carbonyl (C=O) groups excluding carboxylic acids is 2. The summed E-state index contributed by atoms with van der Waals surface area (Å²) in [4.78, 5) is 30.6. The standard InChI is InChI=1S/C22H25BrN2O3S2/c1-2-3-4-5-10-24-17-9-8-14(23)12-16(17)18(20(24)26)19-21(27)25(22(29)30-19)13-15-7-6-11-28-15/h8-9,12,15H,2-7,10-11,13H2,1H3/b19-18-/t15-/m0/s1. The number of thiocarbonyl (C=S) groups is 1. The fraction of sp³-hybridized carbons (Fsp3) is 0.500. The van der Waals surface area contributed by atoms with Crippen LogP contribution in [-0.4, -0.2) is 46.8 Å². The van der Waals surface area contributed by atoms with Gasteiger partial charge in [-0.15, -0.1) is 0 Å². The third-order valence-electron chi connectivity index (χ3n) is 5.70. The molecule has 8 heteroatoms. The van der Waals surface area contributed by atoms with Crippen LogP contribution in [0.5, 0.6) is 0 Å². The predicted octanol–water partition coefficient (Wildman–Crippen LogP) is 5.13. The van der Waals surface area contributed by atoms with E-state index in [1.165, 1.54) is 11.8 Å². The molecule has 2 amide bonds. The maximum atomic E-state index is 13.4. The highest BCUT2D eigenvalue weighted by Gasteiger charge is 2.42. The molecule has 4 rings (SSSR count). The first kappa shape index (κ1) is 22.0. The van der Waals surface area contributed by atoms with E-state index in [1.54, 1.807) is 4.90 Å². The Hall–Kier alpha value is -1.22. The van der Waals surface area contributed by atoms with Gasteiger partial charge in [0.05, 0.1) is 28.8 Å². The predicted molar refractivity (Wildman–Crippen MR) is 128 cm³/mol. The van der Waals surface area contributed by atoms with Crippen molar-refractivity contribution in [3.63, 3.8) is 0 Å². The van der Waals surface area contributed by atoms with Crippen molar-refractivity contribution in [2.24, 2.45) is 0 Å². The van der Waals surface area contributed by atoms with Crippen LogP contribution in [0.2, 0.25) is 0 Å². The molecule has 3 aliphatic rings. The molecule has 2 saturated heterocycles. The highest BCUT2D eigenvalue weighted by atomic mass is 79.9. The normalized spacial score (nSPS) is 23.8. The Morgan fingerprint density at radius 2 is 2.03 bits per heavy atom. The minimum absolute atomic E-state index is 0.0209. The summed E-state index contributed by atoms with van der Waals surface area (Å²) in [7, 11) is 0. The smallest absolute Gasteiger partial charge is 0.267 e. The monoisotopic (exact) mass is 508 g/mol. The topological polar surface area (TPSA) is 49.9 Å².